The molecule has 18 heavy (non-hydrogen) atoms. The van der Waals surface area contributed by atoms with Crippen molar-refractivity contribution in [3.8, 4) is 5.75 Å². The molecule has 0 radical (unpaired) electrons. The first-order valence-corrected chi connectivity index (χ1v) is 5.82. The van der Waals surface area contributed by atoms with Gasteiger partial charge in [-0.1, -0.05) is 0 Å². The van der Waals surface area contributed by atoms with Crippen molar-refractivity contribution in [1.29, 1.82) is 0 Å². The third kappa shape index (κ3) is 2.36. The fourth-order valence-electron chi connectivity index (χ4n) is 1.90. The summed E-state index contributed by atoms with van der Waals surface area (Å²) in [7, 11) is 0. The van der Waals surface area contributed by atoms with Crippen LogP contribution >= 0.6 is 0 Å². The maximum absolute atomic E-state index is 11.8. The minimum atomic E-state index is -0.156. The van der Waals surface area contributed by atoms with E-state index in [1.807, 2.05) is 0 Å². The number of carbonyl (C=O) groups excluding carboxylic acids is 2. The van der Waals surface area contributed by atoms with Crippen molar-refractivity contribution in [3.63, 3.8) is 0 Å². The Morgan fingerprint density at radius 2 is 2.28 bits per heavy atom. The van der Waals surface area contributed by atoms with Crippen LogP contribution in [-0.4, -0.2) is 36.6 Å². The van der Waals surface area contributed by atoms with Crippen LogP contribution < -0.4 is 9.64 Å². The second-order valence-electron chi connectivity index (χ2n) is 4.15. The predicted octanol–water partition coefficient (Wildman–Crippen LogP) is 0.997. The number of aliphatic hydroxyl groups excluding tert-OH is 1. The van der Waals surface area contributed by atoms with E-state index in [9.17, 15) is 9.59 Å². The van der Waals surface area contributed by atoms with Gasteiger partial charge in [-0.25, -0.2) is 0 Å². The summed E-state index contributed by atoms with van der Waals surface area (Å²) in [5, 5.41) is 8.85. The SMILES string of the molecule is CC(=O)c1ccc2c(c1)N(CCCO)C(=O)CO2. The Kier molecular flexibility index (Phi) is 3.62. The maximum atomic E-state index is 11.8. The van der Waals surface area contributed by atoms with E-state index in [0.29, 0.717) is 30.0 Å². The summed E-state index contributed by atoms with van der Waals surface area (Å²) in [5.41, 5.74) is 1.15. The average molecular weight is 249 g/mol. The van der Waals surface area contributed by atoms with E-state index in [-0.39, 0.29) is 24.9 Å². The molecule has 0 spiro atoms. The molecule has 0 saturated heterocycles. The number of nitrogens with zero attached hydrogens (tertiary/aromatic N) is 1. The first-order valence-electron chi connectivity index (χ1n) is 5.82. The van der Waals surface area contributed by atoms with E-state index in [0.717, 1.165) is 0 Å². The maximum Gasteiger partial charge on any atom is 0.265 e. The highest BCUT2D eigenvalue weighted by atomic mass is 16.5. The van der Waals surface area contributed by atoms with Crippen LogP contribution in [0.4, 0.5) is 5.69 Å². The van der Waals surface area contributed by atoms with E-state index in [2.05, 4.69) is 0 Å². The van der Waals surface area contributed by atoms with Crippen molar-refractivity contribution >= 4 is 17.4 Å². The lowest BCUT2D eigenvalue weighted by Gasteiger charge is -2.29. The minimum Gasteiger partial charge on any atom is -0.482 e. The van der Waals surface area contributed by atoms with Crippen molar-refractivity contribution < 1.29 is 19.4 Å². The van der Waals surface area contributed by atoms with Gasteiger partial charge in [-0.2, -0.15) is 0 Å². The molecule has 1 aliphatic heterocycles. The average Bonchev–Trinajstić information content (AvgIpc) is 2.37. The molecule has 0 atom stereocenters. The number of hydrogen-bond donors (Lipinski definition) is 1. The van der Waals surface area contributed by atoms with E-state index in [1.165, 1.54) is 6.92 Å². The molecule has 0 aliphatic carbocycles. The number of anilines is 1. The number of benzene rings is 1. The van der Waals surface area contributed by atoms with Crippen LogP contribution in [0.15, 0.2) is 18.2 Å². The van der Waals surface area contributed by atoms with Gasteiger partial charge >= 0.3 is 0 Å². The zero-order chi connectivity index (χ0) is 13.1. The number of carbonyl (C=O) groups is 2. The van der Waals surface area contributed by atoms with Gasteiger partial charge in [0.25, 0.3) is 5.91 Å². The Bertz CT molecular complexity index is 484. The smallest absolute Gasteiger partial charge is 0.265 e. The van der Waals surface area contributed by atoms with Gasteiger partial charge in [0.15, 0.2) is 12.4 Å². The third-order valence-electron chi connectivity index (χ3n) is 2.85. The molecule has 0 bridgehead atoms. The highest BCUT2D eigenvalue weighted by Gasteiger charge is 2.25. The van der Waals surface area contributed by atoms with Crippen LogP contribution in [0, 0.1) is 0 Å². The Labute approximate surface area is 105 Å². The minimum absolute atomic E-state index is 0.00214. The van der Waals surface area contributed by atoms with Gasteiger partial charge in [-0.15, -0.1) is 0 Å². The van der Waals surface area contributed by atoms with Crippen molar-refractivity contribution in [1.82, 2.24) is 0 Å². The molecule has 0 fully saturated rings. The summed E-state index contributed by atoms with van der Waals surface area (Å²) in [6.45, 7) is 1.92. The van der Waals surface area contributed by atoms with Crippen molar-refractivity contribution in [2.24, 2.45) is 0 Å². The molecule has 0 aromatic heterocycles. The van der Waals surface area contributed by atoms with E-state index < -0.39 is 0 Å². The fraction of sp³-hybridized carbons (Fsp3) is 0.385. The second kappa shape index (κ2) is 5.18. The van der Waals surface area contributed by atoms with Gasteiger partial charge in [-0.05, 0) is 31.5 Å². The van der Waals surface area contributed by atoms with Gasteiger partial charge in [0, 0.05) is 18.7 Å². The molecule has 0 saturated carbocycles. The van der Waals surface area contributed by atoms with E-state index in [4.69, 9.17) is 9.84 Å². The van der Waals surface area contributed by atoms with Crippen molar-refractivity contribution in [3.05, 3.63) is 23.8 Å². The Hall–Kier alpha value is -1.88. The number of aliphatic hydroxyl groups is 1. The molecular formula is C13H15NO4. The van der Waals surface area contributed by atoms with E-state index >= 15 is 0 Å². The lowest BCUT2D eigenvalue weighted by molar-refractivity contribution is -0.121. The van der Waals surface area contributed by atoms with Gasteiger partial charge in [0.05, 0.1) is 5.69 Å². The molecule has 1 heterocycles. The summed E-state index contributed by atoms with van der Waals surface area (Å²) in [6.07, 6.45) is 0.496. The zero-order valence-electron chi connectivity index (χ0n) is 10.2. The summed E-state index contributed by atoms with van der Waals surface area (Å²) in [6, 6.07) is 5.04. The fourth-order valence-corrected chi connectivity index (χ4v) is 1.90. The highest BCUT2D eigenvalue weighted by Crippen LogP contribution is 2.33. The molecule has 1 amide bonds. The molecule has 2 rings (SSSR count). The molecular weight excluding hydrogens is 234 g/mol. The molecule has 1 aromatic carbocycles. The lowest BCUT2D eigenvalue weighted by atomic mass is 10.1. The number of amides is 1. The quantitative estimate of drug-likeness (QED) is 0.808. The molecule has 1 aromatic rings. The number of fused-ring (bicyclic) bond motifs is 1. The van der Waals surface area contributed by atoms with Crippen LogP contribution in [0.3, 0.4) is 0 Å². The molecule has 1 N–H and O–H groups in total. The molecule has 1 aliphatic rings. The summed E-state index contributed by atoms with van der Waals surface area (Å²) in [4.78, 5) is 24.7. The van der Waals surface area contributed by atoms with Gasteiger partial charge in [0.2, 0.25) is 0 Å². The van der Waals surface area contributed by atoms with Crippen LogP contribution in [0.1, 0.15) is 23.7 Å². The van der Waals surface area contributed by atoms with Crippen LogP contribution in [-0.2, 0) is 4.79 Å². The zero-order valence-corrected chi connectivity index (χ0v) is 10.2. The first-order chi connectivity index (χ1) is 8.63. The number of ketones is 1. The number of ether oxygens (including phenoxy) is 1. The van der Waals surface area contributed by atoms with Crippen LogP contribution in [0.25, 0.3) is 0 Å². The van der Waals surface area contributed by atoms with Gasteiger partial charge in [-0.3, -0.25) is 9.59 Å². The Balaban J connectivity index is 2.36. The molecule has 0 unspecified atom stereocenters. The lowest BCUT2D eigenvalue weighted by Crippen LogP contribution is -2.39. The molecule has 96 valence electrons. The topological polar surface area (TPSA) is 66.8 Å². The highest BCUT2D eigenvalue weighted by molar-refractivity contribution is 6.01. The summed E-state index contributed by atoms with van der Waals surface area (Å²) < 4.78 is 5.32. The van der Waals surface area contributed by atoms with E-state index in [1.54, 1.807) is 23.1 Å². The van der Waals surface area contributed by atoms with Gasteiger partial charge in [0.1, 0.15) is 5.75 Å². The third-order valence-corrected chi connectivity index (χ3v) is 2.85. The van der Waals surface area contributed by atoms with Gasteiger partial charge < -0.3 is 14.7 Å². The molecule has 5 nitrogen and oxygen atoms in total. The number of rotatable bonds is 4. The Morgan fingerprint density at radius 3 is 2.94 bits per heavy atom. The standard InChI is InChI=1S/C13H15NO4/c1-9(16)10-3-4-12-11(7-10)14(5-2-6-15)13(17)8-18-12/h3-4,7,15H,2,5-6,8H2,1H3. The van der Waals surface area contributed by atoms with Crippen molar-refractivity contribution in [2.75, 3.05) is 24.7 Å². The Morgan fingerprint density at radius 1 is 1.50 bits per heavy atom. The van der Waals surface area contributed by atoms with Crippen LogP contribution in [0.2, 0.25) is 0 Å². The first kappa shape index (κ1) is 12.6. The summed E-state index contributed by atoms with van der Waals surface area (Å²) >= 11 is 0. The normalized spacial score (nSPS) is 14.1. The monoisotopic (exact) mass is 249 g/mol. The molecule has 5 heteroatoms. The predicted molar refractivity (Wildman–Crippen MR) is 66.0 cm³/mol. The second-order valence-corrected chi connectivity index (χ2v) is 4.15. The summed E-state index contributed by atoms with van der Waals surface area (Å²) in [5.74, 6) is 0.382. The largest absolute Gasteiger partial charge is 0.482 e. The number of hydrogen-bond acceptors (Lipinski definition) is 4. The van der Waals surface area contributed by atoms with Crippen LogP contribution in [0.5, 0.6) is 5.75 Å². The van der Waals surface area contributed by atoms with Crippen molar-refractivity contribution in [2.45, 2.75) is 13.3 Å². The number of Topliss-reactive ketones (excluding diaryl/α,β-unsaturated/α-hetero) is 1.